The van der Waals surface area contributed by atoms with E-state index in [9.17, 15) is 19.8 Å². The van der Waals surface area contributed by atoms with E-state index < -0.39 is 11.9 Å². The molecule has 0 aliphatic heterocycles. The molecule has 0 radical (unpaired) electrons. The van der Waals surface area contributed by atoms with Gasteiger partial charge in [-0.2, -0.15) is 0 Å². The van der Waals surface area contributed by atoms with Crippen LogP contribution in [0, 0.1) is 0 Å². The smallest absolute Gasteiger partial charge is 0.337 e. The Morgan fingerprint density at radius 1 is 0.643 bits per heavy atom. The molecule has 4 aromatic carbocycles. The predicted octanol–water partition coefficient (Wildman–Crippen LogP) is 9.26. The molecule has 0 saturated heterocycles. The Hall–Kier alpha value is -4.62. The first-order valence-corrected chi connectivity index (χ1v) is 13.2. The second-order valence-corrected chi connectivity index (χ2v) is 9.89. The Bertz CT molecular complexity index is 1760. The third kappa shape index (κ3) is 6.98. The van der Waals surface area contributed by atoms with E-state index in [1.54, 1.807) is 18.2 Å². The van der Waals surface area contributed by atoms with Gasteiger partial charge < -0.3 is 15.5 Å². The first-order valence-electron chi connectivity index (χ1n) is 12.5. The number of halogens is 3. The average molecular weight is 618 g/mol. The van der Waals surface area contributed by atoms with E-state index in [1.807, 2.05) is 78.9 Å². The van der Waals surface area contributed by atoms with Crippen LogP contribution in [0.1, 0.15) is 31.8 Å². The van der Waals surface area contributed by atoms with Crippen molar-refractivity contribution in [2.45, 2.75) is 0 Å². The van der Waals surface area contributed by atoms with Gasteiger partial charge in [0, 0.05) is 11.4 Å². The Morgan fingerprint density at radius 3 is 1.81 bits per heavy atom. The lowest BCUT2D eigenvalue weighted by Gasteiger charge is -2.15. The molecule has 0 unspecified atom stereocenters. The lowest BCUT2D eigenvalue weighted by molar-refractivity contribution is 0.0686. The van der Waals surface area contributed by atoms with Crippen LogP contribution in [0.5, 0.6) is 0 Å². The fourth-order valence-corrected chi connectivity index (χ4v) is 4.75. The molecular weight excluding hydrogens is 595 g/mol. The van der Waals surface area contributed by atoms with Crippen LogP contribution in [0.2, 0.25) is 10.0 Å². The molecule has 0 atom stereocenters. The summed E-state index contributed by atoms with van der Waals surface area (Å²) >= 11 is 12.0. The van der Waals surface area contributed by atoms with Gasteiger partial charge in [-0.3, -0.25) is 0 Å². The first kappa shape index (κ1) is 30.3. The average Bonchev–Trinajstić information content (AvgIpc) is 2.97. The van der Waals surface area contributed by atoms with Crippen molar-refractivity contribution in [1.29, 1.82) is 0 Å². The number of hydrogen-bond donors (Lipinski definition) is 3. The maximum absolute atomic E-state index is 11.4. The standard InChI is InChI=1S/C33H22Cl2N2O4.ClH/c34-29-16-14-25(18-27(29)32(38)39)36-23-10-6-21(7-11-23)31(20-4-2-1-3-5-20)22-8-12-24(13-9-22)37-26-15-17-30(35)28(19-26)33(40)41;/h1-19,36H,(H,38,39)(H,40,41);1H. The monoisotopic (exact) mass is 616 g/mol. The van der Waals surface area contributed by atoms with E-state index in [4.69, 9.17) is 23.2 Å². The molecule has 0 bridgehead atoms. The van der Waals surface area contributed by atoms with Crippen LogP contribution in [0.4, 0.5) is 17.1 Å². The van der Waals surface area contributed by atoms with Crippen molar-refractivity contribution in [2.24, 2.45) is 4.99 Å². The van der Waals surface area contributed by atoms with Crippen LogP contribution in [0.25, 0.3) is 5.57 Å². The molecule has 0 spiro atoms. The Balaban J connectivity index is 0.00000405. The van der Waals surface area contributed by atoms with Crippen molar-refractivity contribution < 1.29 is 19.8 Å². The molecule has 4 aromatic rings. The molecule has 1 aliphatic rings. The number of anilines is 2. The van der Waals surface area contributed by atoms with Crippen LogP contribution >= 0.6 is 35.6 Å². The highest BCUT2D eigenvalue weighted by atomic mass is 35.5. The Labute approximate surface area is 258 Å². The van der Waals surface area contributed by atoms with Gasteiger partial charge in [0.15, 0.2) is 0 Å². The number of carboxylic acid groups (broad SMARTS) is 2. The highest BCUT2D eigenvalue weighted by Crippen LogP contribution is 2.32. The quantitative estimate of drug-likeness (QED) is 0.192. The molecule has 9 heteroatoms. The van der Waals surface area contributed by atoms with Gasteiger partial charge in [0.1, 0.15) is 0 Å². The number of hydrogen-bond acceptors (Lipinski definition) is 4. The van der Waals surface area contributed by atoms with Gasteiger partial charge in [-0.25, -0.2) is 14.6 Å². The second kappa shape index (κ2) is 13.4. The number of rotatable bonds is 7. The maximum atomic E-state index is 11.4. The minimum Gasteiger partial charge on any atom is -0.478 e. The summed E-state index contributed by atoms with van der Waals surface area (Å²) in [5.41, 5.74) is 6.60. The fourth-order valence-electron chi connectivity index (χ4n) is 4.36. The van der Waals surface area contributed by atoms with Crippen molar-refractivity contribution in [1.82, 2.24) is 0 Å². The Kier molecular flexibility index (Phi) is 9.65. The lowest BCUT2D eigenvalue weighted by Crippen LogP contribution is -2.00. The zero-order valence-corrected chi connectivity index (χ0v) is 24.1. The summed E-state index contributed by atoms with van der Waals surface area (Å²) in [7, 11) is 0. The molecule has 3 N–H and O–H groups in total. The van der Waals surface area contributed by atoms with Gasteiger partial charge in [0.25, 0.3) is 0 Å². The maximum Gasteiger partial charge on any atom is 0.337 e. The molecule has 0 amide bonds. The normalized spacial score (nSPS) is 12.0. The molecule has 0 fully saturated rings. The van der Waals surface area contributed by atoms with E-state index in [2.05, 4.69) is 10.3 Å². The Morgan fingerprint density at radius 2 is 1.19 bits per heavy atom. The predicted molar refractivity (Wildman–Crippen MR) is 172 cm³/mol. The van der Waals surface area contributed by atoms with E-state index >= 15 is 0 Å². The van der Waals surface area contributed by atoms with Gasteiger partial charge in [-0.1, -0.05) is 77.8 Å². The molecule has 42 heavy (non-hydrogen) atoms. The van der Waals surface area contributed by atoms with E-state index in [0.717, 1.165) is 28.0 Å². The molecule has 0 aromatic heterocycles. The largest absolute Gasteiger partial charge is 0.478 e. The number of allylic oxidation sites excluding steroid dienone is 5. The minimum absolute atomic E-state index is 0. The van der Waals surface area contributed by atoms with Crippen LogP contribution in [0.15, 0.2) is 126 Å². The summed E-state index contributed by atoms with van der Waals surface area (Å²) in [5, 5.41) is 22.3. The number of benzene rings is 4. The van der Waals surface area contributed by atoms with Gasteiger partial charge in [-0.05, 0) is 83.0 Å². The van der Waals surface area contributed by atoms with Crippen molar-refractivity contribution in [2.75, 3.05) is 5.32 Å². The number of nitrogens with zero attached hydrogens (tertiary/aromatic N) is 1. The van der Waals surface area contributed by atoms with Crippen molar-refractivity contribution in [3.8, 4) is 0 Å². The minimum atomic E-state index is -1.11. The second-order valence-electron chi connectivity index (χ2n) is 9.07. The number of carboxylic acids is 2. The zero-order chi connectivity index (χ0) is 28.9. The summed E-state index contributed by atoms with van der Waals surface area (Å²) in [5.74, 6) is -2.20. The third-order valence-corrected chi connectivity index (χ3v) is 6.98. The topological polar surface area (TPSA) is 99.0 Å². The highest BCUT2D eigenvalue weighted by Gasteiger charge is 2.13. The van der Waals surface area contributed by atoms with Crippen LogP contribution in [-0.4, -0.2) is 27.9 Å². The first-order chi connectivity index (χ1) is 19.8. The zero-order valence-electron chi connectivity index (χ0n) is 21.8. The fraction of sp³-hybridized carbons (Fsp3) is 0. The summed E-state index contributed by atoms with van der Waals surface area (Å²) in [6, 6.07) is 27.3. The van der Waals surface area contributed by atoms with Crippen molar-refractivity contribution in [3.63, 3.8) is 0 Å². The summed E-state index contributed by atoms with van der Waals surface area (Å²) < 4.78 is 0. The summed E-state index contributed by atoms with van der Waals surface area (Å²) in [4.78, 5) is 27.4. The molecule has 6 nitrogen and oxygen atoms in total. The van der Waals surface area contributed by atoms with Gasteiger partial charge >= 0.3 is 11.9 Å². The van der Waals surface area contributed by atoms with Gasteiger partial charge in [-0.15, -0.1) is 12.4 Å². The third-order valence-electron chi connectivity index (χ3n) is 6.32. The molecular formula is C33H23Cl3N2O4. The summed E-state index contributed by atoms with van der Waals surface area (Å²) in [6.45, 7) is 0. The molecule has 210 valence electrons. The van der Waals surface area contributed by atoms with E-state index in [1.165, 1.54) is 18.2 Å². The number of aliphatic imine (C=N–C) groups is 1. The number of nitrogens with one attached hydrogen (secondary N) is 1. The SMILES string of the molecule is Cl.O=C(O)c1cc(N=C2C=CC(=C(c3ccccc3)c3ccc(Nc4ccc(Cl)c(C(=O)O)c4)cc3)C=C2)ccc1Cl. The van der Waals surface area contributed by atoms with Crippen LogP contribution < -0.4 is 5.32 Å². The van der Waals surface area contributed by atoms with E-state index in [-0.39, 0.29) is 33.6 Å². The van der Waals surface area contributed by atoms with E-state index in [0.29, 0.717) is 17.1 Å². The molecule has 5 rings (SSSR count). The van der Waals surface area contributed by atoms with Crippen LogP contribution in [-0.2, 0) is 0 Å². The molecule has 0 saturated carbocycles. The molecule has 1 aliphatic carbocycles. The van der Waals surface area contributed by atoms with Crippen molar-refractivity contribution >= 4 is 75.9 Å². The summed E-state index contributed by atoms with van der Waals surface area (Å²) in [6.07, 6.45) is 7.71. The van der Waals surface area contributed by atoms with Crippen molar-refractivity contribution in [3.05, 3.63) is 153 Å². The van der Waals surface area contributed by atoms with Gasteiger partial charge in [0.05, 0.1) is 32.6 Å². The lowest BCUT2D eigenvalue weighted by atomic mass is 9.91. The molecule has 0 heterocycles. The number of aromatic carboxylic acids is 2. The number of carbonyl (C=O) groups is 2. The highest BCUT2D eigenvalue weighted by molar-refractivity contribution is 6.34. The van der Waals surface area contributed by atoms with Gasteiger partial charge in [0.2, 0.25) is 0 Å². The van der Waals surface area contributed by atoms with Crippen LogP contribution in [0.3, 0.4) is 0 Å².